The van der Waals surface area contributed by atoms with Gasteiger partial charge in [0.2, 0.25) is 0 Å². The highest BCUT2D eigenvalue weighted by Crippen LogP contribution is 2.33. The van der Waals surface area contributed by atoms with E-state index in [9.17, 15) is 0 Å². The fraction of sp³-hybridized carbons (Fsp3) is 1.00. The Bertz CT molecular complexity index is 191. The van der Waals surface area contributed by atoms with Crippen molar-refractivity contribution in [3.05, 3.63) is 0 Å². The summed E-state index contributed by atoms with van der Waals surface area (Å²) < 4.78 is 0. The predicted octanol–water partition coefficient (Wildman–Crippen LogP) is 1.42. The fourth-order valence-corrected chi connectivity index (χ4v) is 2.94. The third-order valence-electron chi connectivity index (χ3n) is 4.00. The van der Waals surface area contributed by atoms with Crippen LogP contribution in [0.4, 0.5) is 0 Å². The van der Waals surface area contributed by atoms with Crippen molar-refractivity contribution in [2.75, 3.05) is 20.1 Å². The van der Waals surface area contributed by atoms with Gasteiger partial charge in [-0.15, -0.1) is 0 Å². The van der Waals surface area contributed by atoms with Gasteiger partial charge in [0, 0.05) is 31.2 Å². The summed E-state index contributed by atoms with van der Waals surface area (Å²) in [6.07, 6.45) is 1.41. The first-order chi connectivity index (χ1) is 6.09. The quantitative estimate of drug-likeness (QED) is 0.605. The van der Waals surface area contributed by atoms with Crippen LogP contribution in [0.15, 0.2) is 0 Å². The van der Waals surface area contributed by atoms with Gasteiger partial charge in [0.15, 0.2) is 0 Å². The summed E-state index contributed by atoms with van der Waals surface area (Å²) in [4.78, 5) is 5.24. The van der Waals surface area contributed by atoms with Gasteiger partial charge < -0.3 is 0 Å². The van der Waals surface area contributed by atoms with Crippen molar-refractivity contribution in [2.24, 2.45) is 5.92 Å². The maximum Gasteiger partial charge on any atom is 0.0249 e. The normalized spacial score (nSPS) is 41.8. The van der Waals surface area contributed by atoms with Gasteiger partial charge in [0.25, 0.3) is 0 Å². The van der Waals surface area contributed by atoms with E-state index in [2.05, 4.69) is 37.6 Å². The lowest BCUT2D eigenvalue weighted by atomic mass is 10.0. The van der Waals surface area contributed by atoms with E-state index in [0.717, 1.165) is 24.0 Å². The molecule has 2 fully saturated rings. The number of likely N-dealkylation sites (tertiary alicyclic amines) is 1. The molecule has 2 heterocycles. The Morgan fingerprint density at radius 3 is 2.46 bits per heavy atom. The molecular weight excluding hydrogens is 160 g/mol. The van der Waals surface area contributed by atoms with Crippen molar-refractivity contribution in [3.63, 3.8) is 0 Å². The first-order valence-electron chi connectivity index (χ1n) is 5.55. The minimum absolute atomic E-state index is 0.726. The molecular formula is C11H22N2. The molecule has 2 aliphatic heterocycles. The molecule has 2 bridgehead atoms. The van der Waals surface area contributed by atoms with E-state index < -0.39 is 0 Å². The van der Waals surface area contributed by atoms with Crippen molar-refractivity contribution in [1.29, 1.82) is 0 Å². The third kappa shape index (κ3) is 1.50. The van der Waals surface area contributed by atoms with Gasteiger partial charge in [0.1, 0.15) is 0 Å². The van der Waals surface area contributed by atoms with Crippen LogP contribution in [0.1, 0.15) is 27.2 Å². The number of hydrogen-bond donors (Lipinski definition) is 0. The van der Waals surface area contributed by atoms with Crippen molar-refractivity contribution < 1.29 is 0 Å². The van der Waals surface area contributed by atoms with Crippen LogP contribution in [0.5, 0.6) is 0 Å². The molecule has 2 aliphatic rings. The molecule has 2 saturated heterocycles. The molecule has 0 saturated carbocycles. The predicted molar refractivity (Wildman–Crippen MR) is 55.8 cm³/mol. The second-order valence-corrected chi connectivity index (χ2v) is 5.15. The van der Waals surface area contributed by atoms with E-state index in [1.165, 1.54) is 19.5 Å². The second kappa shape index (κ2) is 3.25. The topological polar surface area (TPSA) is 6.48 Å². The Hall–Kier alpha value is -0.0800. The van der Waals surface area contributed by atoms with E-state index >= 15 is 0 Å². The highest BCUT2D eigenvalue weighted by molar-refractivity contribution is 4.98. The van der Waals surface area contributed by atoms with Crippen LogP contribution in [-0.4, -0.2) is 48.1 Å². The second-order valence-electron chi connectivity index (χ2n) is 5.15. The molecule has 76 valence electrons. The number of nitrogens with zero attached hydrogens (tertiary/aromatic N) is 2. The molecule has 0 N–H and O–H groups in total. The van der Waals surface area contributed by atoms with Crippen LogP contribution >= 0.6 is 0 Å². The number of likely N-dealkylation sites (N-methyl/N-ethyl adjacent to an activating group) is 1. The molecule has 0 aromatic rings. The number of fused-ring (bicyclic) bond motifs is 2. The summed E-state index contributed by atoms with van der Waals surface area (Å²) in [5, 5.41) is 0. The molecule has 0 aromatic carbocycles. The molecule has 3 atom stereocenters. The number of piperazine rings is 1. The van der Waals surface area contributed by atoms with Crippen molar-refractivity contribution >= 4 is 0 Å². The molecule has 0 spiro atoms. The van der Waals surface area contributed by atoms with Gasteiger partial charge in [-0.2, -0.15) is 0 Å². The Balaban J connectivity index is 2.08. The standard InChI is InChI=1S/C11H22N2/c1-8(2)13-6-10-5-9(3)11(7-13)12(10)4/h8-11H,5-7H2,1-4H3/t9-,10+,11+/m1/s1. The molecule has 0 radical (unpaired) electrons. The lowest BCUT2D eigenvalue weighted by molar-refractivity contribution is 0.0621. The van der Waals surface area contributed by atoms with Crippen LogP contribution in [-0.2, 0) is 0 Å². The fourth-order valence-electron chi connectivity index (χ4n) is 2.94. The minimum Gasteiger partial charge on any atom is -0.298 e. The largest absolute Gasteiger partial charge is 0.298 e. The molecule has 2 heteroatoms. The molecule has 0 aromatic heterocycles. The molecule has 2 rings (SSSR count). The van der Waals surface area contributed by atoms with Crippen molar-refractivity contribution in [3.8, 4) is 0 Å². The van der Waals surface area contributed by atoms with E-state index in [0.29, 0.717) is 0 Å². The summed E-state index contributed by atoms with van der Waals surface area (Å²) in [5.74, 6) is 0.902. The summed E-state index contributed by atoms with van der Waals surface area (Å²) in [6.45, 7) is 9.61. The average molecular weight is 182 g/mol. The van der Waals surface area contributed by atoms with E-state index in [4.69, 9.17) is 0 Å². The SMILES string of the molecule is CC(C)N1C[C@@H]2C[C@@H](C)[C@H](C1)N2C. The zero-order valence-corrected chi connectivity index (χ0v) is 9.33. The minimum atomic E-state index is 0.726. The van der Waals surface area contributed by atoms with Crippen LogP contribution in [0.2, 0.25) is 0 Å². The smallest absolute Gasteiger partial charge is 0.0249 e. The Labute approximate surface area is 81.9 Å². The van der Waals surface area contributed by atoms with E-state index in [-0.39, 0.29) is 0 Å². The van der Waals surface area contributed by atoms with Gasteiger partial charge in [-0.1, -0.05) is 6.92 Å². The monoisotopic (exact) mass is 182 g/mol. The van der Waals surface area contributed by atoms with Gasteiger partial charge in [0.05, 0.1) is 0 Å². The van der Waals surface area contributed by atoms with Gasteiger partial charge in [-0.3, -0.25) is 9.80 Å². The molecule has 0 aliphatic carbocycles. The zero-order valence-electron chi connectivity index (χ0n) is 9.33. The molecule has 13 heavy (non-hydrogen) atoms. The van der Waals surface area contributed by atoms with Gasteiger partial charge >= 0.3 is 0 Å². The molecule has 0 unspecified atom stereocenters. The lowest BCUT2D eigenvalue weighted by Crippen LogP contribution is -2.54. The van der Waals surface area contributed by atoms with Crippen molar-refractivity contribution in [2.45, 2.75) is 45.3 Å². The lowest BCUT2D eigenvalue weighted by Gasteiger charge is -2.41. The first-order valence-corrected chi connectivity index (χ1v) is 5.55. The summed E-state index contributed by atoms with van der Waals surface area (Å²) >= 11 is 0. The maximum absolute atomic E-state index is 2.64. The molecule has 2 nitrogen and oxygen atoms in total. The van der Waals surface area contributed by atoms with Gasteiger partial charge in [-0.05, 0) is 33.2 Å². The highest BCUT2D eigenvalue weighted by atomic mass is 15.3. The van der Waals surface area contributed by atoms with E-state index in [1.54, 1.807) is 0 Å². The first kappa shape index (κ1) is 9.47. The zero-order chi connectivity index (χ0) is 9.59. The van der Waals surface area contributed by atoms with Crippen LogP contribution < -0.4 is 0 Å². The van der Waals surface area contributed by atoms with Crippen LogP contribution in [0.3, 0.4) is 0 Å². The van der Waals surface area contributed by atoms with Crippen LogP contribution in [0, 0.1) is 5.92 Å². The van der Waals surface area contributed by atoms with Crippen LogP contribution in [0.25, 0.3) is 0 Å². The third-order valence-corrected chi connectivity index (χ3v) is 4.00. The Kier molecular flexibility index (Phi) is 2.37. The molecule has 0 amide bonds. The Morgan fingerprint density at radius 1 is 1.23 bits per heavy atom. The summed E-state index contributed by atoms with van der Waals surface area (Å²) in [5.41, 5.74) is 0. The number of hydrogen-bond acceptors (Lipinski definition) is 2. The van der Waals surface area contributed by atoms with E-state index in [1.807, 2.05) is 0 Å². The average Bonchev–Trinajstić information content (AvgIpc) is 2.27. The Morgan fingerprint density at radius 2 is 1.92 bits per heavy atom. The number of rotatable bonds is 1. The van der Waals surface area contributed by atoms with Crippen molar-refractivity contribution in [1.82, 2.24) is 9.80 Å². The maximum atomic E-state index is 2.64. The van der Waals surface area contributed by atoms with Gasteiger partial charge in [-0.25, -0.2) is 0 Å². The summed E-state index contributed by atoms with van der Waals surface area (Å²) in [7, 11) is 2.30. The summed E-state index contributed by atoms with van der Waals surface area (Å²) in [6, 6.07) is 2.38. The highest BCUT2D eigenvalue weighted by Gasteiger charge is 2.42.